The van der Waals surface area contributed by atoms with E-state index < -0.39 is 35.0 Å². The molecule has 8 nitrogen and oxygen atoms in total. The molecule has 4 aromatic carbocycles. The second kappa shape index (κ2) is 13.0. The highest BCUT2D eigenvalue weighted by Crippen LogP contribution is 2.65. The van der Waals surface area contributed by atoms with E-state index in [2.05, 4.69) is 15.9 Å². The van der Waals surface area contributed by atoms with Crippen molar-refractivity contribution in [3.8, 4) is 17.2 Å². The van der Waals surface area contributed by atoms with Gasteiger partial charge in [0, 0.05) is 34.0 Å². The van der Waals surface area contributed by atoms with Crippen molar-refractivity contribution >= 4 is 44.9 Å². The highest BCUT2D eigenvalue weighted by Gasteiger charge is 2.66. The number of carbonyl (C=O) groups excluding carboxylic acids is 4. The summed E-state index contributed by atoms with van der Waals surface area (Å²) in [6, 6.07) is 28.5. The first-order chi connectivity index (χ1) is 25.1. The SMILES string of the molecule is COc1cc(Br)cc([C@H]2C3=CC[C@@H]4C(=O)N(CCc5ccc(O)cc5)C(=O)[C@@H]4[C@@H]3C[C@H]3C(=O)C(c4ccccc4)=CC(=O)[C@@]23c2ccccc2)c1O. The molecule has 0 bridgehead atoms. The number of phenolic OH excluding ortho intramolecular Hbond substituents is 2. The predicted molar refractivity (Wildman–Crippen MR) is 197 cm³/mol. The molecule has 2 amide bonds. The van der Waals surface area contributed by atoms with Gasteiger partial charge in [-0.05, 0) is 72.2 Å². The van der Waals surface area contributed by atoms with Crippen molar-refractivity contribution < 1.29 is 34.1 Å². The number of allylic oxidation sites excluding steroid dienone is 4. The zero-order valence-corrected chi connectivity index (χ0v) is 30.0. The molecule has 6 atom stereocenters. The topological polar surface area (TPSA) is 121 Å². The van der Waals surface area contributed by atoms with Crippen molar-refractivity contribution in [1.82, 2.24) is 4.90 Å². The Bertz CT molecular complexity index is 2180. The number of carbonyl (C=O) groups is 4. The van der Waals surface area contributed by atoms with Crippen LogP contribution < -0.4 is 4.74 Å². The fourth-order valence-corrected chi connectivity index (χ4v) is 9.83. The number of benzene rings is 4. The van der Waals surface area contributed by atoms with Crippen molar-refractivity contribution in [3.05, 3.63) is 142 Å². The second-order valence-electron chi connectivity index (χ2n) is 14.1. The molecule has 0 radical (unpaired) electrons. The van der Waals surface area contributed by atoms with Crippen LogP contribution in [0.4, 0.5) is 0 Å². The summed E-state index contributed by atoms with van der Waals surface area (Å²) in [6.45, 7) is 0.181. The summed E-state index contributed by atoms with van der Waals surface area (Å²) in [4.78, 5) is 60.1. The second-order valence-corrected chi connectivity index (χ2v) is 15.0. The minimum Gasteiger partial charge on any atom is -0.508 e. The lowest BCUT2D eigenvalue weighted by Crippen LogP contribution is -2.58. The van der Waals surface area contributed by atoms with E-state index in [9.17, 15) is 19.8 Å². The Hall–Kier alpha value is -5.28. The van der Waals surface area contributed by atoms with Crippen LogP contribution in [0.3, 0.4) is 0 Å². The summed E-state index contributed by atoms with van der Waals surface area (Å²) < 4.78 is 6.20. The van der Waals surface area contributed by atoms with Crippen molar-refractivity contribution in [2.75, 3.05) is 13.7 Å². The van der Waals surface area contributed by atoms with Gasteiger partial charge in [-0.1, -0.05) is 100 Å². The van der Waals surface area contributed by atoms with Gasteiger partial charge in [-0.2, -0.15) is 0 Å². The molecule has 1 heterocycles. The fourth-order valence-electron chi connectivity index (χ4n) is 9.38. The van der Waals surface area contributed by atoms with Crippen LogP contribution in [0, 0.1) is 23.7 Å². The summed E-state index contributed by atoms with van der Waals surface area (Å²) in [6.07, 6.45) is 4.32. The molecule has 0 spiro atoms. The number of Topliss-reactive ketones (excluding diaryl/α,β-unsaturated/α-hetero) is 1. The number of hydrogen-bond donors (Lipinski definition) is 2. The molecule has 1 saturated heterocycles. The van der Waals surface area contributed by atoms with E-state index in [1.54, 1.807) is 36.4 Å². The Morgan fingerprint density at radius 2 is 1.56 bits per heavy atom. The standard InChI is InChI=1S/C43H36BrNO7/c1-52-35-21-27(44)20-33(40(35)49)38-29-16-17-30-37(42(51)45(41(30)50)19-18-24-12-14-28(46)15-13-24)32(29)22-34-39(48)31(25-8-4-2-5-9-25)23-36(47)43(34,38)26-10-6-3-7-11-26/h2-16,20-21,23,30,32,34,37-38,46,49H,17-19,22H2,1H3/t30-,32+,34-,37-,38+,43-/m0/s1. The quantitative estimate of drug-likeness (QED) is 0.155. The number of fused-ring (bicyclic) bond motifs is 4. The van der Waals surface area contributed by atoms with Crippen molar-refractivity contribution in [2.45, 2.75) is 30.6 Å². The van der Waals surface area contributed by atoms with Crippen LogP contribution in [0.25, 0.3) is 5.57 Å². The number of ether oxygens (including phenoxy) is 1. The molecule has 8 rings (SSSR count). The number of aromatic hydroxyl groups is 2. The van der Waals surface area contributed by atoms with E-state index in [0.717, 1.165) is 11.1 Å². The lowest BCUT2D eigenvalue weighted by Gasteiger charge is -2.55. The number of ketones is 2. The van der Waals surface area contributed by atoms with E-state index in [0.29, 0.717) is 33.2 Å². The number of phenols is 2. The van der Waals surface area contributed by atoms with Crippen LogP contribution in [-0.4, -0.2) is 52.1 Å². The van der Waals surface area contributed by atoms with Crippen LogP contribution in [0.5, 0.6) is 17.2 Å². The van der Waals surface area contributed by atoms with Gasteiger partial charge >= 0.3 is 0 Å². The predicted octanol–water partition coefficient (Wildman–Crippen LogP) is 6.94. The molecule has 9 heteroatoms. The summed E-state index contributed by atoms with van der Waals surface area (Å²) in [5.74, 6) is -4.56. The number of likely N-dealkylation sites (tertiary alicyclic amines) is 1. The first-order valence-corrected chi connectivity index (χ1v) is 18.2. The first kappa shape index (κ1) is 33.8. The molecular formula is C43H36BrNO7. The number of rotatable bonds is 7. The Kier molecular flexibility index (Phi) is 8.49. The molecule has 4 aliphatic rings. The third kappa shape index (κ3) is 5.16. The maximum Gasteiger partial charge on any atom is 0.233 e. The van der Waals surface area contributed by atoms with Gasteiger partial charge in [0.25, 0.3) is 0 Å². The van der Waals surface area contributed by atoms with Crippen molar-refractivity contribution in [3.63, 3.8) is 0 Å². The molecule has 2 fully saturated rings. The monoisotopic (exact) mass is 757 g/mol. The number of methoxy groups -OCH3 is 1. The average molecular weight is 759 g/mol. The first-order valence-electron chi connectivity index (χ1n) is 17.5. The van der Waals surface area contributed by atoms with Gasteiger partial charge in [-0.25, -0.2) is 0 Å². The largest absolute Gasteiger partial charge is 0.508 e. The zero-order chi connectivity index (χ0) is 36.3. The Morgan fingerprint density at radius 1 is 0.865 bits per heavy atom. The van der Waals surface area contributed by atoms with Gasteiger partial charge in [0.05, 0.1) is 24.4 Å². The smallest absolute Gasteiger partial charge is 0.233 e. The maximum atomic E-state index is 15.2. The third-order valence-corrected chi connectivity index (χ3v) is 12.1. The lowest BCUT2D eigenvalue weighted by atomic mass is 9.44. The molecule has 0 aromatic heterocycles. The number of imide groups is 1. The minimum absolute atomic E-state index is 0.134. The van der Waals surface area contributed by atoms with Gasteiger partial charge in [-0.3, -0.25) is 24.1 Å². The van der Waals surface area contributed by atoms with E-state index in [4.69, 9.17) is 4.74 Å². The molecule has 4 aromatic rings. The molecule has 52 heavy (non-hydrogen) atoms. The van der Waals surface area contributed by atoms with E-state index in [1.165, 1.54) is 18.1 Å². The molecule has 1 saturated carbocycles. The third-order valence-electron chi connectivity index (χ3n) is 11.6. The van der Waals surface area contributed by atoms with Gasteiger partial charge in [-0.15, -0.1) is 0 Å². The van der Waals surface area contributed by atoms with E-state index >= 15 is 9.59 Å². The highest BCUT2D eigenvalue weighted by atomic mass is 79.9. The summed E-state index contributed by atoms with van der Waals surface area (Å²) in [5, 5.41) is 21.6. The van der Waals surface area contributed by atoms with Gasteiger partial charge < -0.3 is 14.9 Å². The van der Waals surface area contributed by atoms with Crippen LogP contribution >= 0.6 is 15.9 Å². The van der Waals surface area contributed by atoms with Crippen LogP contribution in [0.15, 0.2) is 119 Å². The van der Waals surface area contributed by atoms with Gasteiger partial charge in [0.2, 0.25) is 11.8 Å². The highest BCUT2D eigenvalue weighted by molar-refractivity contribution is 9.10. The van der Waals surface area contributed by atoms with Crippen molar-refractivity contribution in [1.29, 1.82) is 0 Å². The lowest BCUT2D eigenvalue weighted by molar-refractivity contribution is -0.140. The minimum atomic E-state index is -1.47. The molecule has 2 N–H and O–H groups in total. The normalized spacial score (nSPS) is 26.7. The Labute approximate surface area is 309 Å². The van der Waals surface area contributed by atoms with Crippen LogP contribution in [0.1, 0.15) is 41.0 Å². The Morgan fingerprint density at radius 3 is 2.25 bits per heavy atom. The van der Waals surface area contributed by atoms with E-state index in [-0.39, 0.29) is 60.0 Å². The molecule has 3 aliphatic carbocycles. The zero-order valence-electron chi connectivity index (χ0n) is 28.4. The number of amides is 2. The molecule has 0 unspecified atom stereocenters. The fraction of sp³-hybridized carbons (Fsp3) is 0.256. The molecule has 1 aliphatic heterocycles. The number of halogens is 1. The average Bonchev–Trinajstić information content (AvgIpc) is 3.41. The van der Waals surface area contributed by atoms with E-state index in [1.807, 2.05) is 66.7 Å². The number of nitrogens with zero attached hydrogens (tertiary/aromatic N) is 1. The number of hydrogen-bond acceptors (Lipinski definition) is 7. The summed E-state index contributed by atoms with van der Waals surface area (Å²) in [5.41, 5.74) is 2.13. The van der Waals surface area contributed by atoms with Gasteiger partial charge in [0.1, 0.15) is 5.75 Å². The Balaban J connectivity index is 1.31. The molecular weight excluding hydrogens is 722 g/mol. The van der Waals surface area contributed by atoms with Crippen molar-refractivity contribution in [2.24, 2.45) is 23.7 Å². The van der Waals surface area contributed by atoms with Gasteiger partial charge in [0.15, 0.2) is 23.1 Å². The van der Waals surface area contributed by atoms with Crippen LogP contribution in [-0.2, 0) is 31.0 Å². The summed E-state index contributed by atoms with van der Waals surface area (Å²) in [7, 11) is 1.45. The molecule has 262 valence electrons. The maximum absolute atomic E-state index is 15.2. The van der Waals surface area contributed by atoms with Crippen LogP contribution in [0.2, 0.25) is 0 Å². The summed E-state index contributed by atoms with van der Waals surface area (Å²) >= 11 is 3.59.